The molecule has 0 amide bonds. The van der Waals surface area contributed by atoms with E-state index >= 15 is 0 Å². The van der Waals surface area contributed by atoms with E-state index in [4.69, 9.17) is 32.7 Å². The second-order valence-corrected chi connectivity index (χ2v) is 8.27. The molecule has 0 spiro atoms. The molecule has 2 aromatic carbocycles. The number of benzene rings is 2. The van der Waals surface area contributed by atoms with Gasteiger partial charge in [0.1, 0.15) is 6.61 Å². The summed E-state index contributed by atoms with van der Waals surface area (Å²) in [5, 5.41) is 4.69. The zero-order valence-electron chi connectivity index (χ0n) is 17.2. The SMILES string of the molecule is CCN(CC)CCCNCc1c(Br)ccc(OC)c1OCc1c(Cl)cccc1Cl. The third-order valence-corrected chi connectivity index (χ3v) is 6.28. The van der Waals surface area contributed by atoms with Gasteiger partial charge in [-0.2, -0.15) is 0 Å². The first-order valence-corrected chi connectivity index (χ1v) is 11.4. The van der Waals surface area contributed by atoms with Crippen LogP contribution in [0.5, 0.6) is 11.5 Å². The second-order valence-electron chi connectivity index (χ2n) is 6.60. The molecule has 0 unspecified atom stereocenters. The van der Waals surface area contributed by atoms with Gasteiger partial charge in [-0.1, -0.05) is 59.0 Å². The largest absolute Gasteiger partial charge is 0.493 e. The summed E-state index contributed by atoms with van der Waals surface area (Å²) in [6.45, 7) is 9.50. The third kappa shape index (κ3) is 7.04. The minimum atomic E-state index is 0.264. The van der Waals surface area contributed by atoms with Crippen molar-refractivity contribution in [1.29, 1.82) is 0 Å². The molecule has 160 valence electrons. The third-order valence-electron chi connectivity index (χ3n) is 4.83. The minimum Gasteiger partial charge on any atom is -0.493 e. The highest BCUT2D eigenvalue weighted by atomic mass is 79.9. The van der Waals surface area contributed by atoms with Gasteiger partial charge in [-0.05, 0) is 56.9 Å². The summed E-state index contributed by atoms with van der Waals surface area (Å²) in [6.07, 6.45) is 1.09. The molecule has 0 atom stereocenters. The van der Waals surface area contributed by atoms with Crippen LogP contribution in [-0.2, 0) is 13.2 Å². The Hall–Kier alpha value is -0.980. The van der Waals surface area contributed by atoms with Gasteiger partial charge in [-0.25, -0.2) is 0 Å². The quantitative estimate of drug-likeness (QED) is 0.351. The molecular weight excluding hydrogens is 475 g/mol. The van der Waals surface area contributed by atoms with Crippen molar-refractivity contribution in [3.8, 4) is 11.5 Å². The molecule has 2 rings (SSSR count). The molecule has 1 N–H and O–H groups in total. The van der Waals surface area contributed by atoms with Gasteiger partial charge in [0.25, 0.3) is 0 Å². The van der Waals surface area contributed by atoms with Gasteiger partial charge < -0.3 is 19.7 Å². The zero-order valence-corrected chi connectivity index (χ0v) is 20.3. The summed E-state index contributed by atoms with van der Waals surface area (Å²) in [7, 11) is 1.64. The number of rotatable bonds is 12. The first-order valence-electron chi connectivity index (χ1n) is 9.85. The van der Waals surface area contributed by atoms with Crippen LogP contribution in [-0.4, -0.2) is 38.2 Å². The van der Waals surface area contributed by atoms with Crippen molar-refractivity contribution in [3.63, 3.8) is 0 Å². The molecule has 29 heavy (non-hydrogen) atoms. The molecule has 4 nitrogen and oxygen atoms in total. The van der Waals surface area contributed by atoms with Gasteiger partial charge in [-0.15, -0.1) is 0 Å². The number of hydrogen-bond donors (Lipinski definition) is 1. The average molecular weight is 504 g/mol. The van der Waals surface area contributed by atoms with E-state index < -0.39 is 0 Å². The fraction of sp³-hybridized carbons (Fsp3) is 0.455. The molecule has 0 aliphatic carbocycles. The lowest BCUT2D eigenvalue weighted by molar-refractivity contribution is 0.279. The summed E-state index contributed by atoms with van der Waals surface area (Å²) in [5.41, 5.74) is 1.77. The first kappa shape index (κ1) is 24.3. The van der Waals surface area contributed by atoms with Gasteiger partial charge in [-0.3, -0.25) is 0 Å². The van der Waals surface area contributed by atoms with Gasteiger partial charge in [0, 0.05) is 32.2 Å². The van der Waals surface area contributed by atoms with Gasteiger partial charge in [0.15, 0.2) is 11.5 Å². The molecule has 0 saturated heterocycles. The maximum atomic E-state index is 6.29. The van der Waals surface area contributed by atoms with Gasteiger partial charge in [0.05, 0.1) is 7.11 Å². The number of nitrogens with one attached hydrogen (secondary N) is 1. The molecule has 0 heterocycles. The van der Waals surface area contributed by atoms with Crippen LogP contribution in [0.3, 0.4) is 0 Å². The van der Waals surface area contributed by atoms with Crippen LogP contribution < -0.4 is 14.8 Å². The van der Waals surface area contributed by atoms with E-state index in [1.165, 1.54) is 0 Å². The molecule has 0 aromatic heterocycles. The maximum Gasteiger partial charge on any atom is 0.167 e. The zero-order chi connectivity index (χ0) is 21.2. The molecule has 2 aromatic rings. The van der Waals surface area contributed by atoms with E-state index in [0.717, 1.165) is 48.2 Å². The van der Waals surface area contributed by atoms with Crippen LogP contribution in [0.1, 0.15) is 31.4 Å². The van der Waals surface area contributed by atoms with Crippen LogP contribution in [0.25, 0.3) is 0 Å². The lowest BCUT2D eigenvalue weighted by atomic mass is 10.1. The topological polar surface area (TPSA) is 33.7 Å². The summed E-state index contributed by atoms with van der Waals surface area (Å²) in [4.78, 5) is 2.42. The van der Waals surface area contributed by atoms with E-state index in [2.05, 4.69) is 40.0 Å². The Morgan fingerprint density at radius 1 is 1.03 bits per heavy atom. The van der Waals surface area contributed by atoms with Crippen LogP contribution in [0.15, 0.2) is 34.8 Å². The summed E-state index contributed by atoms with van der Waals surface area (Å²) in [5.74, 6) is 1.37. The lowest BCUT2D eigenvalue weighted by Gasteiger charge is -2.19. The Balaban J connectivity index is 2.07. The fourth-order valence-corrected chi connectivity index (χ4v) is 4.02. The molecule has 0 fully saturated rings. The normalized spacial score (nSPS) is 11.1. The Bertz CT molecular complexity index is 765. The van der Waals surface area contributed by atoms with Crippen molar-refractivity contribution >= 4 is 39.1 Å². The summed E-state index contributed by atoms with van der Waals surface area (Å²) in [6, 6.07) is 9.30. The fourth-order valence-electron chi connectivity index (χ4n) is 3.06. The summed E-state index contributed by atoms with van der Waals surface area (Å²) >= 11 is 16.2. The van der Waals surface area contributed by atoms with E-state index in [-0.39, 0.29) is 6.61 Å². The summed E-state index contributed by atoms with van der Waals surface area (Å²) < 4.78 is 12.6. The number of ether oxygens (including phenoxy) is 2. The number of nitrogens with zero attached hydrogens (tertiary/aromatic N) is 1. The first-order chi connectivity index (χ1) is 14.0. The van der Waals surface area contributed by atoms with Crippen molar-refractivity contribution < 1.29 is 9.47 Å². The van der Waals surface area contributed by atoms with Crippen molar-refractivity contribution in [2.24, 2.45) is 0 Å². The van der Waals surface area contributed by atoms with Crippen LogP contribution in [0, 0.1) is 0 Å². The number of methoxy groups -OCH3 is 1. The average Bonchev–Trinajstić information content (AvgIpc) is 2.72. The van der Waals surface area contributed by atoms with Crippen molar-refractivity contribution in [2.45, 2.75) is 33.4 Å². The molecule has 0 aliphatic rings. The van der Waals surface area contributed by atoms with Crippen LogP contribution in [0.4, 0.5) is 0 Å². The lowest BCUT2D eigenvalue weighted by Crippen LogP contribution is -2.27. The molecular formula is C22H29BrCl2N2O2. The Kier molecular flexibility index (Phi) is 10.6. The Morgan fingerprint density at radius 3 is 2.34 bits per heavy atom. The maximum absolute atomic E-state index is 6.29. The molecule has 0 radical (unpaired) electrons. The molecule has 0 aliphatic heterocycles. The Labute approximate surface area is 192 Å². The molecule has 0 bridgehead atoms. The van der Waals surface area contributed by atoms with Crippen LogP contribution >= 0.6 is 39.1 Å². The van der Waals surface area contributed by atoms with Crippen molar-refractivity contribution in [1.82, 2.24) is 10.2 Å². The number of hydrogen-bond acceptors (Lipinski definition) is 4. The van der Waals surface area contributed by atoms with E-state index in [1.807, 2.05) is 30.3 Å². The standard InChI is InChI=1S/C22H29BrCl2N2O2/c1-4-27(5-2)13-7-12-26-14-16-18(23)10-11-21(28-3)22(16)29-15-17-19(24)8-6-9-20(17)25/h6,8-11,26H,4-5,7,12-15H2,1-3H3. The van der Waals surface area contributed by atoms with Gasteiger partial charge in [0.2, 0.25) is 0 Å². The number of halogens is 3. The van der Waals surface area contributed by atoms with E-state index in [9.17, 15) is 0 Å². The van der Waals surface area contributed by atoms with Crippen LogP contribution in [0.2, 0.25) is 10.0 Å². The highest BCUT2D eigenvalue weighted by Crippen LogP contribution is 2.37. The Morgan fingerprint density at radius 2 is 1.72 bits per heavy atom. The predicted molar refractivity (Wildman–Crippen MR) is 126 cm³/mol. The highest BCUT2D eigenvalue weighted by Gasteiger charge is 2.16. The smallest absolute Gasteiger partial charge is 0.167 e. The molecule has 0 saturated carbocycles. The van der Waals surface area contributed by atoms with Crippen molar-refractivity contribution in [2.75, 3.05) is 33.3 Å². The van der Waals surface area contributed by atoms with Crippen molar-refractivity contribution in [3.05, 3.63) is 56.0 Å². The molecule has 7 heteroatoms. The second kappa shape index (κ2) is 12.7. The predicted octanol–water partition coefficient (Wildman–Crippen LogP) is 6.17. The van der Waals surface area contributed by atoms with E-state index in [1.54, 1.807) is 7.11 Å². The van der Waals surface area contributed by atoms with E-state index in [0.29, 0.717) is 28.1 Å². The monoisotopic (exact) mass is 502 g/mol. The highest BCUT2D eigenvalue weighted by molar-refractivity contribution is 9.10. The van der Waals surface area contributed by atoms with Gasteiger partial charge >= 0.3 is 0 Å². The minimum absolute atomic E-state index is 0.264.